The van der Waals surface area contributed by atoms with E-state index in [1.54, 1.807) is 4.68 Å². The smallest absolute Gasteiger partial charge is 0.254 e. The molecule has 2 heterocycles. The summed E-state index contributed by atoms with van der Waals surface area (Å²) in [5.41, 5.74) is 2.57. The summed E-state index contributed by atoms with van der Waals surface area (Å²) in [5, 5.41) is 11.2. The quantitative estimate of drug-likeness (QED) is 0.722. The summed E-state index contributed by atoms with van der Waals surface area (Å²) in [4.78, 5) is 17.5. The third kappa shape index (κ3) is 3.21. The summed E-state index contributed by atoms with van der Waals surface area (Å²) in [7, 11) is 2.09. The monoisotopic (exact) mass is 348 g/mol. The van der Waals surface area contributed by atoms with Gasteiger partial charge < -0.3 is 9.80 Å². The molecular formula is C19H20N6O. The molecule has 7 heteroatoms. The van der Waals surface area contributed by atoms with Crippen molar-refractivity contribution >= 4 is 5.91 Å². The lowest BCUT2D eigenvalue weighted by Crippen LogP contribution is -2.49. The van der Waals surface area contributed by atoms with Crippen LogP contribution in [0.3, 0.4) is 0 Å². The van der Waals surface area contributed by atoms with Gasteiger partial charge >= 0.3 is 0 Å². The normalized spacial score (nSPS) is 18.0. The molecule has 0 spiro atoms. The van der Waals surface area contributed by atoms with E-state index in [9.17, 15) is 4.79 Å². The second-order valence-electron chi connectivity index (χ2n) is 6.49. The van der Waals surface area contributed by atoms with Crippen molar-refractivity contribution in [3.8, 4) is 5.69 Å². The average Bonchev–Trinajstić information content (AvgIpc) is 3.23. The van der Waals surface area contributed by atoms with E-state index in [0.717, 1.165) is 24.3 Å². The lowest BCUT2D eigenvalue weighted by atomic mass is 10.0. The summed E-state index contributed by atoms with van der Waals surface area (Å²) in [5.74, 6) is 0.0295. The number of hydrogen-bond acceptors (Lipinski definition) is 5. The molecule has 0 radical (unpaired) electrons. The van der Waals surface area contributed by atoms with Gasteiger partial charge in [-0.15, -0.1) is 5.10 Å². The zero-order chi connectivity index (χ0) is 17.9. The Kier molecular flexibility index (Phi) is 4.45. The van der Waals surface area contributed by atoms with Crippen LogP contribution in [-0.4, -0.2) is 62.6 Å². The SMILES string of the molecule is CN1CCN(C(=O)c2cccc(-n3cnnn3)c2)C(c2ccccc2)C1. The van der Waals surface area contributed by atoms with Crippen LogP contribution in [0.15, 0.2) is 60.9 Å². The van der Waals surface area contributed by atoms with E-state index in [-0.39, 0.29) is 11.9 Å². The number of amides is 1. The molecule has 2 aromatic carbocycles. The molecule has 1 amide bonds. The average molecular weight is 348 g/mol. The molecule has 1 atom stereocenters. The molecule has 4 rings (SSSR count). The van der Waals surface area contributed by atoms with Crippen molar-refractivity contribution in [1.82, 2.24) is 30.0 Å². The van der Waals surface area contributed by atoms with Gasteiger partial charge in [0.2, 0.25) is 0 Å². The van der Waals surface area contributed by atoms with Gasteiger partial charge in [0.1, 0.15) is 6.33 Å². The lowest BCUT2D eigenvalue weighted by Gasteiger charge is -2.40. The maximum absolute atomic E-state index is 13.3. The zero-order valence-corrected chi connectivity index (χ0v) is 14.6. The zero-order valence-electron chi connectivity index (χ0n) is 14.6. The van der Waals surface area contributed by atoms with Gasteiger partial charge in [0.15, 0.2) is 0 Å². The molecule has 1 aliphatic heterocycles. The maximum atomic E-state index is 13.3. The van der Waals surface area contributed by atoms with Crippen molar-refractivity contribution in [3.05, 3.63) is 72.1 Å². The fourth-order valence-electron chi connectivity index (χ4n) is 3.35. The first-order valence-corrected chi connectivity index (χ1v) is 8.60. The summed E-state index contributed by atoms with van der Waals surface area (Å²) in [6.45, 7) is 2.38. The Hall–Kier alpha value is -3.06. The summed E-state index contributed by atoms with van der Waals surface area (Å²) >= 11 is 0. The van der Waals surface area contributed by atoms with Gasteiger partial charge in [-0.1, -0.05) is 36.4 Å². The highest BCUT2D eigenvalue weighted by Crippen LogP contribution is 2.27. The van der Waals surface area contributed by atoms with Crippen LogP contribution in [0.2, 0.25) is 0 Å². The van der Waals surface area contributed by atoms with Gasteiger partial charge in [0.25, 0.3) is 5.91 Å². The van der Waals surface area contributed by atoms with Gasteiger partial charge in [-0.05, 0) is 41.2 Å². The largest absolute Gasteiger partial charge is 0.329 e. The highest BCUT2D eigenvalue weighted by Gasteiger charge is 2.30. The van der Waals surface area contributed by atoms with Crippen molar-refractivity contribution in [1.29, 1.82) is 0 Å². The molecule has 1 aromatic heterocycles. The molecule has 0 N–H and O–H groups in total. The molecule has 1 fully saturated rings. The van der Waals surface area contributed by atoms with Crippen molar-refractivity contribution in [2.75, 3.05) is 26.7 Å². The highest BCUT2D eigenvalue weighted by atomic mass is 16.2. The van der Waals surface area contributed by atoms with Gasteiger partial charge in [0, 0.05) is 25.2 Å². The number of hydrogen-bond donors (Lipinski definition) is 0. The van der Waals surface area contributed by atoms with E-state index >= 15 is 0 Å². The summed E-state index contributed by atoms with van der Waals surface area (Å²) < 4.78 is 1.55. The molecule has 3 aromatic rings. The number of aromatic nitrogens is 4. The highest BCUT2D eigenvalue weighted by molar-refractivity contribution is 5.95. The molecule has 1 saturated heterocycles. The summed E-state index contributed by atoms with van der Waals surface area (Å²) in [6.07, 6.45) is 1.52. The van der Waals surface area contributed by atoms with Crippen LogP contribution in [0.5, 0.6) is 0 Å². The Morgan fingerprint density at radius 2 is 1.92 bits per heavy atom. The number of piperazine rings is 1. The van der Waals surface area contributed by atoms with E-state index in [4.69, 9.17) is 0 Å². The second-order valence-corrected chi connectivity index (χ2v) is 6.49. The molecule has 7 nitrogen and oxygen atoms in total. The molecule has 1 unspecified atom stereocenters. The van der Waals surface area contributed by atoms with Crippen LogP contribution >= 0.6 is 0 Å². The first-order chi connectivity index (χ1) is 12.7. The number of tetrazole rings is 1. The minimum Gasteiger partial charge on any atom is -0.329 e. The van der Waals surface area contributed by atoms with Crippen LogP contribution in [0.1, 0.15) is 22.0 Å². The van der Waals surface area contributed by atoms with E-state index in [2.05, 4.69) is 39.6 Å². The Labute approximate surface area is 151 Å². The maximum Gasteiger partial charge on any atom is 0.254 e. The minimum atomic E-state index is 0.0295. The molecule has 0 saturated carbocycles. The first-order valence-electron chi connectivity index (χ1n) is 8.60. The molecule has 0 bridgehead atoms. The third-order valence-corrected chi connectivity index (χ3v) is 4.74. The van der Waals surface area contributed by atoms with Crippen LogP contribution in [-0.2, 0) is 0 Å². The number of carbonyl (C=O) groups excluding carboxylic acids is 1. The third-order valence-electron chi connectivity index (χ3n) is 4.74. The summed E-state index contributed by atoms with van der Waals surface area (Å²) in [6, 6.07) is 17.7. The number of likely N-dealkylation sites (N-methyl/N-ethyl adjacent to an activating group) is 1. The molecule has 0 aliphatic carbocycles. The topological polar surface area (TPSA) is 67.2 Å². The Balaban J connectivity index is 1.65. The molecule has 26 heavy (non-hydrogen) atoms. The van der Waals surface area contributed by atoms with E-state index in [1.165, 1.54) is 6.33 Å². The lowest BCUT2D eigenvalue weighted by molar-refractivity contribution is 0.0498. The number of nitrogens with zero attached hydrogens (tertiary/aromatic N) is 6. The number of benzene rings is 2. The van der Waals surface area contributed by atoms with Gasteiger partial charge in [0.05, 0.1) is 11.7 Å². The Morgan fingerprint density at radius 1 is 1.08 bits per heavy atom. The second kappa shape index (κ2) is 7.05. The molecule has 132 valence electrons. The molecular weight excluding hydrogens is 328 g/mol. The Morgan fingerprint density at radius 3 is 2.69 bits per heavy atom. The van der Waals surface area contributed by atoms with E-state index < -0.39 is 0 Å². The fourth-order valence-corrected chi connectivity index (χ4v) is 3.35. The van der Waals surface area contributed by atoms with Gasteiger partial charge in [-0.3, -0.25) is 4.79 Å². The number of rotatable bonds is 3. The molecule has 1 aliphatic rings. The van der Waals surface area contributed by atoms with Gasteiger partial charge in [-0.25, -0.2) is 4.68 Å². The van der Waals surface area contributed by atoms with Crippen LogP contribution in [0, 0.1) is 0 Å². The van der Waals surface area contributed by atoms with Crippen molar-refractivity contribution in [2.24, 2.45) is 0 Å². The minimum absolute atomic E-state index is 0.0295. The van der Waals surface area contributed by atoms with E-state index in [0.29, 0.717) is 12.1 Å². The Bertz CT molecular complexity index is 880. The van der Waals surface area contributed by atoms with Crippen LogP contribution < -0.4 is 0 Å². The van der Waals surface area contributed by atoms with Crippen molar-refractivity contribution in [2.45, 2.75) is 6.04 Å². The fraction of sp³-hybridized carbons (Fsp3) is 0.263. The van der Waals surface area contributed by atoms with Crippen molar-refractivity contribution < 1.29 is 4.79 Å². The van der Waals surface area contributed by atoms with Crippen LogP contribution in [0.4, 0.5) is 0 Å². The first kappa shape index (κ1) is 16.4. The number of carbonyl (C=O) groups is 1. The van der Waals surface area contributed by atoms with Crippen LogP contribution in [0.25, 0.3) is 5.69 Å². The predicted octanol–water partition coefficient (Wildman–Crippen LogP) is 1.79. The van der Waals surface area contributed by atoms with Gasteiger partial charge in [-0.2, -0.15) is 0 Å². The standard InChI is InChI=1S/C19H20N6O/c1-23-10-11-24(18(13-23)15-6-3-2-4-7-15)19(26)16-8-5-9-17(12-16)25-14-20-21-22-25/h2-9,12,14,18H,10-11,13H2,1H3. The van der Waals surface area contributed by atoms with Crippen molar-refractivity contribution in [3.63, 3.8) is 0 Å². The predicted molar refractivity (Wildman–Crippen MR) is 96.9 cm³/mol. The van der Waals surface area contributed by atoms with E-state index in [1.807, 2.05) is 47.4 Å².